The van der Waals surface area contributed by atoms with Crippen LogP contribution in [0.3, 0.4) is 0 Å². The highest BCUT2D eigenvalue weighted by atomic mass is 32.1. The van der Waals surface area contributed by atoms with E-state index < -0.39 is 0 Å². The third-order valence-electron chi connectivity index (χ3n) is 2.87. The van der Waals surface area contributed by atoms with E-state index in [0.29, 0.717) is 6.04 Å². The molecule has 0 bridgehead atoms. The van der Waals surface area contributed by atoms with Gasteiger partial charge in [0.2, 0.25) is 0 Å². The third kappa shape index (κ3) is 2.81. The summed E-state index contributed by atoms with van der Waals surface area (Å²) in [5.74, 6) is 0. The van der Waals surface area contributed by atoms with Gasteiger partial charge in [-0.3, -0.25) is 0 Å². The van der Waals surface area contributed by atoms with Gasteiger partial charge in [-0.2, -0.15) is 0 Å². The molecule has 4 heteroatoms. The maximum absolute atomic E-state index is 5.64. The number of aromatic nitrogens is 1. The quantitative estimate of drug-likeness (QED) is 0.859. The molecule has 0 radical (unpaired) electrons. The first-order valence-corrected chi connectivity index (χ1v) is 6.93. The van der Waals surface area contributed by atoms with Crippen molar-refractivity contribution >= 4 is 11.3 Å². The summed E-state index contributed by atoms with van der Waals surface area (Å²) < 4.78 is 5.64. The van der Waals surface area contributed by atoms with Gasteiger partial charge in [-0.1, -0.05) is 6.92 Å². The second kappa shape index (κ2) is 5.75. The molecule has 2 unspecified atom stereocenters. The Balaban J connectivity index is 1.95. The van der Waals surface area contributed by atoms with Crippen LogP contribution >= 0.6 is 11.3 Å². The van der Waals surface area contributed by atoms with Crippen molar-refractivity contribution in [2.24, 2.45) is 0 Å². The van der Waals surface area contributed by atoms with Gasteiger partial charge < -0.3 is 10.1 Å². The van der Waals surface area contributed by atoms with Crippen molar-refractivity contribution in [3.8, 4) is 0 Å². The van der Waals surface area contributed by atoms with Crippen molar-refractivity contribution in [3.63, 3.8) is 0 Å². The van der Waals surface area contributed by atoms with Crippen LogP contribution in [-0.4, -0.2) is 18.1 Å². The van der Waals surface area contributed by atoms with Crippen LogP contribution in [0.15, 0.2) is 6.20 Å². The fraction of sp³-hybridized carbons (Fsp3) is 0.750. The number of rotatable bonds is 5. The highest BCUT2D eigenvalue weighted by molar-refractivity contribution is 7.11. The third-order valence-corrected chi connectivity index (χ3v) is 4.15. The molecule has 1 aliphatic rings. The summed E-state index contributed by atoms with van der Waals surface area (Å²) in [6.07, 6.45) is 5.72. The van der Waals surface area contributed by atoms with Gasteiger partial charge in [-0.15, -0.1) is 11.3 Å². The van der Waals surface area contributed by atoms with Crippen molar-refractivity contribution in [1.29, 1.82) is 0 Å². The predicted octanol–water partition coefficient (Wildman–Crippen LogP) is 3.06. The van der Waals surface area contributed by atoms with Crippen molar-refractivity contribution < 1.29 is 4.74 Å². The molecule has 0 amide bonds. The lowest BCUT2D eigenvalue weighted by molar-refractivity contribution is 0.111. The Morgan fingerprint density at radius 1 is 1.69 bits per heavy atom. The van der Waals surface area contributed by atoms with Crippen molar-refractivity contribution in [2.45, 2.75) is 45.3 Å². The smallest absolute Gasteiger partial charge is 0.122 e. The summed E-state index contributed by atoms with van der Waals surface area (Å²) in [5.41, 5.74) is 0. The Labute approximate surface area is 101 Å². The van der Waals surface area contributed by atoms with E-state index in [1.165, 1.54) is 17.7 Å². The van der Waals surface area contributed by atoms with E-state index in [9.17, 15) is 0 Å². The van der Waals surface area contributed by atoms with Crippen LogP contribution < -0.4 is 5.32 Å². The number of ether oxygens (including phenoxy) is 1. The molecule has 1 fully saturated rings. The average molecular weight is 240 g/mol. The molecule has 1 saturated heterocycles. The zero-order valence-electron chi connectivity index (χ0n) is 10.0. The second-order valence-corrected chi connectivity index (χ2v) is 5.37. The fourth-order valence-corrected chi connectivity index (χ4v) is 2.91. The van der Waals surface area contributed by atoms with E-state index >= 15 is 0 Å². The van der Waals surface area contributed by atoms with Crippen LogP contribution in [0.2, 0.25) is 0 Å². The first-order valence-electron chi connectivity index (χ1n) is 6.12. The summed E-state index contributed by atoms with van der Waals surface area (Å²) in [6, 6.07) is 0.410. The Hall–Kier alpha value is -0.450. The van der Waals surface area contributed by atoms with Crippen LogP contribution in [0, 0.1) is 0 Å². The van der Waals surface area contributed by atoms with E-state index in [2.05, 4.69) is 24.1 Å². The second-order valence-electron chi connectivity index (χ2n) is 4.28. The van der Waals surface area contributed by atoms with Crippen LogP contribution in [0.4, 0.5) is 0 Å². The molecule has 3 nitrogen and oxygen atoms in total. The lowest BCUT2D eigenvalue weighted by Gasteiger charge is -2.10. The molecule has 1 aromatic heterocycles. The molecule has 2 atom stereocenters. The number of thiazole rings is 1. The molecule has 90 valence electrons. The predicted molar refractivity (Wildman–Crippen MR) is 66.7 cm³/mol. The van der Waals surface area contributed by atoms with E-state index in [0.717, 1.165) is 24.6 Å². The van der Waals surface area contributed by atoms with E-state index in [4.69, 9.17) is 4.74 Å². The Bertz CT molecular complexity index is 321. The first-order chi connectivity index (χ1) is 7.81. The van der Waals surface area contributed by atoms with Crippen molar-refractivity contribution in [1.82, 2.24) is 10.3 Å². The average Bonchev–Trinajstić information content (AvgIpc) is 2.94. The molecule has 1 N–H and O–H groups in total. The van der Waals surface area contributed by atoms with Gasteiger partial charge in [0, 0.05) is 23.7 Å². The molecular formula is C12H20N2OS. The largest absolute Gasteiger partial charge is 0.371 e. The minimum atomic E-state index is 0.261. The van der Waals surface area contributed by atoms with E-state index in [1.54, 1.807) is 11.3 Å². The lowest BCUT2D eigenvalue weighted by atomic mass is 10.2. The maximum atomic E-state index is 5.64. The zero-order chi connectivity index (χ0) is 11.4. The molecule has 1 aromatic rings. The van der Waals surface area contributed by atoms with Gasteiger partial charge in [0.05, 0.1) is 0 Å². The zero-order valence-corrected chi connectivity index (χ0v) is 10.8. The number of hydrogen-bond acceptors (Lipinski definition) is 4. The molecule has 16 heavy (non-hydrogen) atoms. The maximum Gasteiger partial charge on any atom is 0.122 e. The Kier molecular flexibility index (Phi) is 4.32. The highest BCUT2D eigenvalue weighted by Crippen LogP contribution is 2.32. The van der Waals surface area contributed by atoms with Gasteiger partial charge in [-0.25, -0.2) is 4.98 Å². The number of hydrogen-bond donors (Lipinski definition) is 1. The van der Waals surface area contributed by atoms with Gasteiger partial charge >= 0.3 is 0 Å². The van der Waals surface area contributed by atoms with Crippen LogP contribution in [0.1, 0.15) is 55.1 Å². The summed E-state index contributed by atoms with van der Waals surface area (Å²) in [6.45, 7) is 6.34. The molecule has 0 aromatic carbocycles. The molecule has 0 saturated carbocycles. The summed E-state index contributed by atoms with van der Waals surface area (Å²) in [4.78, 5) is 5.80. The van der Waals surface area contributed by atoms with E-state index in [1.807, 2.05) is 6.20 Å². The van der Waals surface area contributed by atoms with Crippen LogP contribution in [0.5, 0.6) is 0 Å². The molecule has 2 heterocycles. The topological polar surface area (TPSA) is 34.2 Å². The molecule has 0 aliphatic carbocycles. The van der Waals surface area contributed by atoms with Crippen LogP contribution in [0.25, 0.3) is 0 Å². The lowest BCUT2D eigenvalue weighted by Crippen LogP contribution is -2.18. The van der Waals surface area contributed by atoms with Gasteiger partial charge in [-0.05, 0) is 32.7 Å². The van der Waals surface area contributed by atoms with Crippen molar-refractivity contribution in [2.75, 3.05) is 13.2 Å². The van der Waals surface area contributed by atoms with Crippen molar-refractivity contribution in [3.05, 3.63) is 16.1 Å². The summed E-state index contributed by atoms with van der Waals surface area (Å²) in [5, 5.41) is 4.63. The molecular weight excluding hydrogens is 220 g/mol. The van der Waals surface area contributed by atoms with E-state index in [-0.39, 0.29) is 6.10 Å². The SMILES string of the molecule is CCCNC(C)c1cnc(C2CCCO2)s1. The highest BCUT2D eigenvalue weighted by Gasteiger charge is 2.21. The summed E-state index contributed by atoms with van der Waals surface area (Å²) in [7, 11) is 0. The standard InChI is InChI=1S/C12H20N2OS/c1-3-6-13-9(2)11-8-14-12(16-11)10-5-4-7-15-10/h8-10,13H,3-7H2,1-2H3. The number of nitrogens with zero attached hydrogens (tertiary/aromatic N) is 1. The normalized spacial score (nSPS) is 22.5. The molecule has 1 aliphatic heterocycles. The molecule has 0 spiro atoms. The number of nitrogens with one attached hydrogen (secondary N) is 1. The Morgan fingerprint density at radius 2 is 2.56 bits per heavy atom. The molecule has 2 rings (SSSR count). The minimum absolute atomic E-state index is 0.261. The van der Waals surface area contributed by atoms with Gasteiger partial charge in [0.25, 0.3) is 0 Å². The fourth-order valence-electron chi connectivity index (χ4n) is 1.88. The van der Waals surface area contributed by atoms with Crippen LogP contribution in [-0.2, 0) is 4.74 Å². The Morgan fingerprint density at radius 3 is 3.25 bits per heavy atom. The van der Waals surface area contributed by atoms with Gasteiger partial charge in [0.15, 0.2) is 0 Å². The minimum Gasteiger partial charge on any atom is -0.371 e. The first kappa shape index (κ1) is 12.0. The summed E-state index contributed by atoms with van der Waals surface area (Å²) >= 11 is 1.79. The van der Waals surface area contributed by atoms with Gasteiger partial charge in [0.1, 0.15) is 11.1 Å². The monoisotopic (exact) mass is 240 g/mol.